The summed E-state index contributed by atoms with van der Waals surface area (Å²) in [4.78, 5) is 21.4. The van der Waals surface area contributed by atoms with Gasteiger partial charge in [0, 0.05) is 24.7 Å². The molecule has 0 saturated heterocycles. The second kappa shape index (κ2) is 8.53. The number of ether oxygens (including phenoxy) is 1. The zero-order valence-electron chi connectivity index (χ0n) is 11.6. The van der Waals surface area contributed by atoms with E-state index >= 15 is 0 Å². The molecule has 0 unspecified atom stereocenters. The molecule has 0 spiro atoms. The lowest BCUT2D eigenvalue weighted by Crippen LogP contribution is -2.51. The highest BCUT2D eigenvalue weighted by Gasteiger charge is 2.48. The molecule has 8 nitrogen and oxygen atoms in total. The molecule has 0 amide bonds. The lowest BCUT2D eigenvalue weighted by Gasteiger charge is -2.44. The van der Waals surface area contributed by atoms with Gasteiger partial charge >= 0.3 is 11.9 Å². The fourth-order valence-corrected chi connectivity index (χ4v) is 1.97. The van der Waals surface area contributed by atoms with Crippen LogP contribution in [0.25, 0.3) is 0 Å². The van der Waals surface area contributed by atoms with Crippen molar-refractivity contribution in [2.45, 2.75) is 0 Å². The molecule has 0 aromatic rings. The van der Waals surface area contributed by atoms with Gasteiger partial charge in [0.1, 0.15) is 0 Å². The Bertz CT molecular complexity index is 384. The number of methoxy groups -OCH3 is 1. The van der Waals surface area contributed by atoms with Gasteiger partial charge < -0.3 is 30.3 Å². The minimum Gasteiger partial charge on any atom is -0.478 e. The minimum atomic E-state index is -1.62. The van der Waals surface area contributed by atoms with Crippen LogP contribution < -0.4 is 0 Å². The number of hydrogen-bond donors (Lipinski definition) is 5. The second-order valence-electron chi connectivity index (χ2n) is 4.57. The first-order chi connectivity index (χ1) is 9.83. The van der Waals surface area contributed by atoms with Gasteiger partial charge in [-0.05, 0) is 0 Å². The van der Waals surface area contributed by atoms with Crippen molar-refractivity contribution in [3.05, 3.63) is 24.3 Å². The molecule has 21 heavy (non-hydrogen) atoms. The van der Waals surface area contributed by atoms with Crippen LogP contribution in [-0.2, 0) is 14.3 Å². The molecule has 0 aliphatic rings. The Hall–Kier alpha value is -1.74. The summed E-state index contributed by atoms with van der Waals surface area (Å²) in [6, 6.07) is 0. The first-order valence-corrected chi connectivity index (χ1v) is 5.99. The Morgan fingerprint density at radius 2 is 1.38 bits per heavy atom. The molecule has 0 saturated carbocycles. The van der Waals surface area contributed by atoms with Gasteiger partial charge in [0.25, 0.3) is 0 Å². The highest BCUT2D eigenvalue weighted by atomic mass is 16.5. The molecule has 0 bridgehead atoms. The summed E-state index contributed by atoms with van der Waals surface area (Å²) in [5.74, 6) is -2.64. The van der Waals surface area contributed by atoms with E-state index in [0.717, 1.165) is 12.2 Å². The number of carbonyl (C=O) groups is 2. The molecule has 8 heteroatoms. The standard InChI is InChI=1S/C13H20O8/c1-21-9-13(7-15,8-16)12(6-14,4-2-10(17)18)5-3-11(19)20/h2-5,14-16H,6-9H2,1H3,(H,17,18)(H,19,20). The zero-order valence-corrected chi connectivity index (χ0v) is 11.6. The maximum Gasteiger partial charge on any atom is 0.328 e. The SMILES string of the molecule is COCC(CO)(CO)C(C=CC(=O)O)(C=CC(=O)O)CO. The van der Waals surface area contributed by atoms with Gasteiger partial charge in [-0.25, -0.2) is 9.59 Å². The van der Waals surface area contributed by atoms with E-state index in [-0.39, 0.29) is 6.61 Å². The minimum absolute atomic E-state index is 0.228. The van der Waals surface area contributed by atoms with Crippen LogP contribution in [0.4, 0.5) is 0 Å². The number of aliphatic hydroxyl groups is 3. The van der Waals surface area contributed by atoms with Crippen molar-refractivity contribution in [2.24, 2.45) is 10.8 Å². The summed E-state index contributed by atoms with van der Waals surface area (Å²) < 4.78 is 4.92. The van der Waals surface area contributed by atoms with Gasteiger partial charge in [-0.2, -0.15) is 0 Å². The number of hydrogen-bond acceptors (Lipinski definition) is 6. The van der Waals surface area contributed by atoms with E-state index in [1.807, 2.05) is 0 Å². The predicted molar refractivity (Wildman–Crippen MR) is 71.6 cm³/mol. The summed E-state index contributed by atoms with van der Waals surface area (Å²) in [6.45, 7) is -2.28. The smallest absolute Gasteiger partial charge is 0.328 e. The van der Waals surface area contributed by atoms with Crippen LogP contribution in [0.1, 0.15) is 0 Å². The Morgan fingerprint density at radius 3 is 1.62 bits per heavy atom. The topological polar surface area (TPSA) is 145 Å². The van der Waals surface area contributed by atoms with E-state index < -0.39 is 42.6 Å². The van der Waals surface area contributed by atoms with Crippen molar-refractivity contribution in [3.63, 3.8) is 0 Å². The highest BCUT2D eigenvalue weighted by Crippen LogP contribution is 2.42. The molecule has 0 aromatic heterocycles. The van der Waals surface area contributed by atoms with Gasteiger partial charge in [0.05, 0.1) is 31.8 Å². The number of aliphatic hydroxyl groups excluding tert-OH is 3. The molecule has 0 aliphatic carbocycles. The van der Waals surface area contributed by atoms with Crippen molar-refractivity contribution in [1.82, 2.24) is 0 Å². The predicted octanol–water partition coefficient (Wildman–Crippen LogP) is -1.14. The maximum atomic E-state index is 10.7. The summed E-state index contributed by atoms with van der Waals surface area (Å²) in [5, 5.41) is 46.3. The number of carboxylic acids is 2. The van der Waals surface area contributed by atoms with Crippen LogP contribution in [0.3, 0.4) is 0 Å². The van der Waals surface area contributed by atoms with E-state index in [4.69, 9.17) is 14.9 Å². The van der Waals surface area contributed by atoms with Gasteiger partial charge in [-0.1, -0.05) is 12.2 Å². The molecule has 0 fully saturated rings. The van der Waals surface area contributed by atoms with Crippen LogP contribution in [-0.4, -0.2) is 71.0 Å². The summed E-state index contributed by atoms with van der Waals surface area (Å²) in [5.41, 5.74) is -3.11. The maximum absolute atomic E-state index is 10.7. The lowest BCUT2D eigenvalue weighted by atomic mass is 9.64. The molecule has 0 radical (unpaired) electrons. The fourth-order valence-electron chi connectivity index (χ4n) is 1.97. The molecule has 5 N–H and O–H groups in total. The largest absolute Gasteiger partial charge is 0.478 e. The van der Waals surface area contributed by atoms with E-state index in [0.29, 0.717) is 12.2 Å². The normalized spacial score (nSPS) is 15.4. The van der Waals surface area contributed by atoms with Gasteiger partial charge in [0.2, 0.25) is 0 Å². The molecule has 0 heterocycles. The van der Waals surface area contributed by atoms with Crippen LogP contribution in [0.2, 0.25) is 0 Å². The summed E-state index contributed by atoms with van der Waals surface area (Å²) in [7, 11) is 1.30. The van der Waals surface area contributed by atoms with E-state index in [1.165, 1.54) is 7.11 Å². The molecule has 0 aliphatic heterocycles. The molecular formula is C13H20O8. The van der Waals surface area contributed by atoms with Crippen molar-refractivity contribution in [3.8, 4) is 0 Å². The van der Waals surface area contributed by atoms with Crippen molar-refractivity contribution in [2.75, 3.05) is 33.5 Å². The van der Waals surface area contributed by atoms with Crippen molar-refractivity contribution in [1.29, 1.82) is 0 Å². The number of rotatable bonds is 10. The number of aliphatic carboxylic acids is 2. The zero-order chi connectivity index (χ0) is 16.5. The third-order valence-electron chi connectivity index (χ3n) is 3.32. The van der Waals surface area contributed by atoms with Crippen LogP contribution >= 0.6 is 0 Å². The number of carboxylic acid groups (broad SMARTS) is 2. The third kappa shape index (κ3) is 4.64. The Kier molecular flexibility index (Phi) is 7.82. The first-order valence-electron chi connectivity index (χ1n) is 5.99. The molecule has 0 atom stereocenters. The third-order valence-corrected chi connectivity index (χ3v) is 3.32. The van der Waals surface area contributed by atoms with E-state index in [1.54, 1.807) is 0 Å². The Labute approximate surface area is 121 Å². The molecule has 0 aromatic carbocycles. The van der Waals surface area contributed by atoms with E-state index in [2.05, 4.69) is 0 Å². The summed E-state index contributed by atoms with van der Waals surface area (Å²) >= 11 is 0. The summed E-state index contributed by atoms with van der Waals surface area (Å²) in [6.07, 6.45) is 3.47. The van der Waals surface area contributed by atoms with Crippen LogP contribution in [0.15, 0.2) is 24.3 Å². The monoisotopic (exact) mass is 304 g/mol. The van der Waals surface area contributed by atoms with Gasteiger partial charge in [-0.15, -0.1) is 0 Å². The quantitative estimate of drug-likeness (QED) is 0.319. The van der Waals surface area contributed by atoms with Crippen LogP contribution in [0.5, 0.6) is 0 Å². The van der Waals surface area contributed by atoms with Crippen molar-refractivity contribution >= 4 is 11.9 Å². The van der Waals surface area contributed by atoms with Crippen LogP contribution in [0, 0.1) is 10.8 Å². The van der Waals surface area contributed by atoms with Gasteiger partial charge in [0.15, 0.2) is 0 Å². The molecule has 0 rings (SSSR count). The Balaban J connectivity index is 6.05. The average Bonchev–Trinajstić information content (AvgIpc) is 2.45. The van der Waals surface area contributed by atoms with E-state index in [9.17, 15) is 24.9 Å². The lowest BCUT2D eigenvalue weighted by molar-refractivity contribution is -0.132. The molecular weight excluding hydrogens is 284 g/mol. The average molecular weight is 304 g/mol. The van der Waals surface area contributed by atoms with Gasteiger partial charge in [-0.3, -0.25) is 0 Å². The second-order valence-corrected chi connectivity index (χ2v) is 4.57. The highest BCUT2D eigenvalue weighted by molar-refractivity contribution is 5.81. The fraction of sp³-hybridized carbons (Fsp3) is 0.538. The Morgan fingerprint density at radius 1 is 0.952 bits per heavy atom. The molecule has 120 valence electrons. The first kappa shape index (κ1) is 19.3. The van der Waals surface area contributed by atoms with Crippen molar-refractivity contribution < 1.29 is 39.9 Å².